The molecule has 4 aromatic rings. The number of halogens is 3. The molecule has 9 nitrogen and oxygen atoms in total. The second-order valence-corrected chi connectivity index (χ2v) is 10.3. The molecule has 208 valence electrons. The highest BCUT2D eigenvalue weighted by Gasteiger charge is 2.27. The van der Waals surface area contributed by atoms with Crippen LogP contribution in [-0.4, -0.2) is 37.0 Å². The van der Waals surface area contributed by atoms with Crippen molar-refractivity contribution >= 4 is 40.3 Å². The summed E-state index contributed by atoms with van der Waals surface area (Å²) < 4.78 is 30.0. The zero-order chi connectivity index (χ0) is 28.4. The zero-order valence-corrected chi connectivity index (χ0v) is 22.4. The number of alkyl halides is 2. The first-order valence-electron chi connectivity index (χ1n) is 12.9. The van der Waals surface area contributed by atoms with Crippen molar-refractivity contribution in [2.75, 3.05) is 5.32 Å². The maximum Gasteiger partial charge on any atom is 0.333 e. The highest BCUT2D eigenvalue weighted by atomic mass is 35.5. The highest BCUT2D eigenvalue weighted by molar-refractivity contribution is 6.30. The molecular weight excluding hydrogens is 542 g/mol. The Balaban J connectivity index is 1.29. The Labute approximate surface area is 233 Å². The molecule has 1 aliphatic rings. The minimum Gasteiger partial charge on any atom is -0.349 e. The highest BCUT2D eigenvalue weighted by Crippen LogP contribution is 2.29. The summed E-state index contributed by atoms with van der Waals surface area (Å²) in [4.78, 5) is 45.5. The van der Waals surface area contributed by atoms with Crippen LogP contribution in [0.5, 0.6) is 0 Å². The molecule has 1 fully saturated rings. The lowest BCUT2D eigenvalue weighted by molar-refractivity contribution is -0.114. The van der Waals surface area contributed by atoms with E-state index in [9.17, 15) is 23.2 Å². The van der Waals surface area contributed by atoms with Gasteiger partial charge in [-0.1, -0.05) is 23.7 Å². The van der Waals surface area contributed by atoms with Crippen molar-refractivity contribution in [1.29, 1.82) is 0 Å². The summed E-state index contributed by atoms with van der Waals surface area (Å²) in [7, 11) is 0. The third kappa shape index (κ3) is 5.74. The number of amides is 2. The van der Waals surface area contributed by atoms with Crippen LogP contribution in [0.2, 0.25) is 5.02 Å². The number of carbonyl (C=O) groups is 2. The maximum absolute atomic E-state index is 13.6. The Bertz CT molecular complexity index is 1610. The summed E-state index contributed by atoms with van der Waals surface area (Å²) in [6, 6.07) is 11.9. The summed E-state index contributed by atoms with van der Waals surface area (Å²) in [5.41, 5.74) is 1.11. The lowest BCUT2D eigenvalue weighted by Gasteiger charge is -2.29. The van der Waals surface area contributed by atoms with Crippen molar-refractivity contribution < 1.29 is 18.4 Å². The molecule has 1 saturated carbocycles. The van der Waals surface area contributed by atoms with Gasteiger partial charge >= 0.3 is 5.69 Å². The van der Waals surface area contributed by atoms with Crippen LogP contribution in [-0.2, 0) is 11.3 Å². The van der Waals surface area contributed by atoms with E-state index in [1.165, 1.54) is 13.0 Å². The average Bonchev–Trinajstić information content (AvgIpc) is 3.20. The molecule has 3 heterocycles. The predicted molar refractivity (Wildman–Crippen MR) is 147 cm³/mol. The van der Waals surface area contributed by atoms with E-state index in [2.05, 4.69) is 20.6 Å². The number of rotatable bonds is 7. The van der Waals surface area contributed by atoms with Gasteiger partial charge in [0.15, 0.2) is 0 Å². The predicted octanol–water partition coefficient (Wildman–Crippen LogP) is 5.12. The average molecular weight is 569 g/mol. The first kappa shape index (κ1) is 27.4. The monoisotopic (exact) mass is 568 g/mol. The standard InChI is InChI=1S/C28H27ClF2N6O3/c1-16(38)34-24-11-10-20(14-32-24)37-23-5-3-2-4-22(23)36(28(37)40)15-17-6-8-19(9-7-17)35-27(39)21-12-18(29)13-33-25(21)26(30)31/h2-5,10-14,17,19,26H,6-9,15H2,1H3,(H,35,39)(H,32,34,38)/t17-,19-. The molecule has 2 N–H and O–H groups in total. The second kappa shape index (κ2) is 11.5. The summed E-state index contributed by atoms with van der Waals surface area (Å²) in [6.45, 7) is 1.90. The van der Waals surface area contributed by atoms with Crippen LogP contribution in [0.25, 0.3) is 16.7 Å². The van der Waals surface area contributed by atoms with Crippen LogP contribution in [0.15, 0.2) is 59.7 Å². The minimum atomic E-state index is -2.89. The number of carbonyl (C=O) groups excluding carboxylic acids is 2. The molecule has 0 unspecified atom stereocenters. The number of para-hydroxylation sites is 2. The van der Waals surface area contributed by atoms with Gasteiger partial charge < -0.3 is 10.6 Å². The number of fused-ring (bicyclic) bond motifs is 1. The molecule has 5 rings (SSSR count). The van der Waals surface area contributed by atoms with Crippen LogP contribution < -0.4 is 16.3 Å². The van der Waals surface area contributed by atoms with Gasteiger partial charge in [-0.3, -0.25) is 23.7 Å². The van der Waals surface area contributed by atoms with E-state index in [1.807, 2.05) is 24.3 Å². The Morgan fingerprint density at radius 3 is 2.42 bits per heavy atom. The van der Waals surface area contributed by atoms with E-state index in [-0.39, 0.29) is 34.1 Å². The van der Waals surface area contributed by atoms with Crippen molar-refractivity contribution in [3.63, 3.8) is 0 Å². The molecule has 0 bridgehead atoms. The molecule has 12 heteroatoms. The summed E-state index contributed by atoms with van der Waals surface area (Å²) in [6.07, 6.45) is 2.55. The molecule has 0 aliphatic heterocycles. The van der Waals surface area contributed by atoms with Crippen LogP contribution in [0.1, 0.15) is 55.1 Å². The Hall–Kier alpha value is -4.12. The molecular formula is C28H27ClF2N6O3. The van der Waals surface area contributed by atoms with Gasteiger partial charge in [-0.15, -0.1) is 0 Å². The van der Waals surface area contributed by atoms with E-state index in [0.717, 1.165) is 30.1 Å². The number of anilines is 1. The van der Waals surface area contributed by atoms with Gasteiger partial charge in [0.2, 0.25) is 5.91 Å². The summed E-state index contributed by atoms with van der Waals surface area (Å²) in [5, 5.41) is 5.58. The SMILES string of the molecule is CC(=O)Nc1ccc(-n2c(=O)n(C[C@H]3CC[C@H](NC(=O)c4cc(Cl)cnc4C(F)F)CC3)c3ccccc32)cn1. The van der Waals surface area contributed by atoms with Gasteiger partial charge in [-0.25, -0.2) is 18.6 Å². The number of hydrogen-bond donors (Lipinski definition) is 2. The first-order chi connectivity index (χ1) is 19.2. The zero-order valence-electron chi connectivity index (χ0n) is 21.6. The number of aromatic nitrogens is 4. The number of nitrogens with zero attached hydrogens (tertiary/aromatic N) is 4. The molecule has 40 heavy (non-hydrogen) atoms. The van der Waals surface area contributed by atoms with Gasteiger partial charge in [0.05, 0.1) is 33.5 Å². The number of hydrogen-bond acceptors (Lipinski definition) is 5. The van der Waals surface area contributed by atoms with Crippen molar-refractivity contribution in [1.82, 2.24) is 24.4 Å². The number of benzene rings is 1. The Kier molecular flexibility index (Phi) is 7.92. The van der Waals surface area contributed by atoms with E-state index in [1.54, 1.807) is 27.5 Å². The van der Waals surface area contributed by atoms with Crippen LogP contribution >= 0.6 is 11.6 Å². The lowest BCUT2D eigenvalue weighted by atomic mass is 9.85. The quantitative estimate of drug-likeness (QED) is 0.321. The minimum absolute atomic E-state index is 0.113. The molecule has 2 amide bonds. The summed E-state index contributed by atoms with van der Waals surface area (Å²) >= 11 is 5.89. The van der Waals surface area contributed by atoms with Crippen LogP contribution in [0.3, 0.4) is 0 Å². The van der Waals surface area contributed by atoms with Gasteiger partial charge in [-0.05, 0) is 61.9 Å². The van der Waals surface area contributed by atoms with Gasteiger partial charge in [0.25, 0.3) is 12.3 Å². The molecule has 1 aliphatic carbocycles. The first-order valence-corrected chi connectivity index (χ1v) is 13.3. The fraction of sp³-hybridized carbons (Fsp3) is 0.321. The smallest absolute Gasteiger partial charge is 0.333 e. The number of nitrogens with one attached hydrogen (secondary N) is 2. The van der Waals surface area contributed by atoms with E-state index in [0.29, 0.717) is 30.9 Å². The molecule has 0 spiro atoms. The third-order valence-electron chi connectivity index (χ3n) is 7.11. The molecule has 0 atom stereocenters. The Morgan fingerprint density at radius 2 is 1.77 bits per heavy atom. The van der Waals surface area contributed by atoms with Gasteiger partial charge in [0.1, 0.15) is 11.5 Å². The van der Waals surface area contributed by atoms with E-state index >= 15 is 0 Å². The van der Waals surface area contributed by atoms with Gasteiger partial charge in [0, 0.05) is 25.7 Å². The molecule has 3 aromatic heterocycles. The normalized spacial score (nSPS) is 17.2. The maximum atomic E-state index is 13.6. The van der Waals surface area contributed by atoms with Crippen molar-refractivity contribution in [2.45, 2.75) is 51.6 Å². The largest absolute Gasteiger partial charge is 0.349 e. The van der Waals surface area contributed by atoms with E-state index in [4.69, 9.17) is 11.6 Å². The topological polar surface area (TPSA) is 111 Å². The third-order valence-corrected chi connectivity index (χ3v) is 7.31. The fourth-order valence-corrected chi connectivity index (χ4v) is 5.38. The number of imidazole rings is 1. The van der Waals surface area contributed by atoms with Crippen molar-refractivity contribution in [3.05, 3.63) is 81.6 Å². The second-order valence-electron chi connectivity index (χ2n) is 9.88. The lowest BCUT2D eigenvalue weighted by Crippen LogP contribution is -2.39. The number of pyridine rings is 2. The van der Waals surface area contributed by atoms with Crippen LogP contribution in [0, 0.1) is 5.92 Å². The molecule has 1 aromatic carbocycles. The molecule has 0 radical (unpaired) electrons. The van der Waals surface area contributed by atoms with Crippen molar-refractivity contribution in [3.8, 4) is 5.69 Å². The fourth-order valence-electron chi connectivity index (χ4n) is 5.22. The Morgan fingerprint density at radius 1 is 1.05 bits per heavy atom. The van der Waals surface area contributed by atoms with Crippen molar-refractivity contribution in [2.24, 2.45) is 5.92 Å². The molecule has 0 saturated heterocycles. The van der Waals surface area contributed by atoms with Crippen LogP contribution in [0.4, 0.5) is 14.6 Å². The van der Waals surface area contributed by atoms with Gasteiger partial charge in [-0.2, -0.15) is 0 Å². The van der Waals surface area contributed by atoms with E-state index < -0.39 is 18.0 Å². The summed E-state index contributed by atoms with van der Waals surface area (Å²) in [5.74, 6) is -0.266.